The molecule has 0 bridgehead atoms. The summed E-state index contributed by atoms with van der Waals surface area (Å²) in [6, 6.07) is 14.0. The molecule has 0 radical (unpaired) electrons. The Morgan fingerprint density at radius 2 is 1.50 bits per heavy atom. The molecule has 2 aromatic rings. The third kappa shape index (κ3) is 7.87. The van der Waals surface area contributed by atoms with Crippen LogP contribution in [-0.4, -0.2) is 49.5 Å². The third-order valence-corrected chi connectivity index (χ3v) is 6.59. The number of amides is 2. The number of anilines is 1. The zero-order valence-corrected chi connectivity index (χ0v) is 22.1. The van der Waals surface area contributed by atoms with Crippen LogP contribution in [0.5, 0.6) is 0 Å². The van der Waals surface area contributed by atoms with Gasteiger partial charge in [0.05, 0.1) is 11.9 Å². The van der Waals surface area contributed by atoms with Gasteiger partial charge in [0.1, 0.15) is 12.6 Å². The van der Waals surface area contributed by atoms with Crippen LogP contribution < -0.4 is 9.62 Å². The Morgan fingerprint density at radius 1 is 0.971 bits per heavy atom. The lowest BCUT2D eigenvalue weighted by Crippen LogP contribution is -2.54. The Hall–Kier alpha value is -2.87. The second-order valence-corrected chi connectivity index (χ2v) is 11.6. The van der Waals surface area contributed by atoms with E-state index in [4.69, 9.17) is 0 Å². The summed E-state index contributed by atoms with van der Waals surface area (Å²) in [6.45, 7) is 11.0. The topological polar surface area (TPSA) is 86.8 Å². The van der Waals surface area contributed by atoms with Crippen molar-refractivity contribution in [3.8, 4) is 0 Å². The summed E-state index contributed by atoms with van der Waals surface area (Å²) in [6.07, 6.45) is 1.90. The zero-order chi connectivity index (χ0) is 25.7. The minimum absolute atomic E-state index is 0.185. The highest BCUT2D eigenvalue weighted by Crippen LogP contribution is 2.20. The lowest BCUT2D eigenvalue weighted by atomic mass is 10.1. The summed E-state index contributed by atoms with van der Waals surface area (Å²) < 4.78 is 26.3. The number of aryl methyl sites for hydroxylation is 2. The number of hydrogen-bond donors (Lipinski definition) is 1. The van der Waals surface area contributed by atoms with Crippen molar-refractivity contribution in [2.45, 2.75) is 66.1 Å². The van der Waals surface area contributed by atoms with Gasteiger partial charge in [-0.3, -0.25) is 13.9 Å². The first kappa shape index (κ1) is 27.4. The van der Waals surface area contributed by atoms with Crippen molar-refractivity contribution in [1.82, 2.24) is 10.2 Å². The molecule has 1 N–H and O–H groups in total. The van der Waals surface area contributed by atoms with E-state index in [0.29, 0.717) is 5.69 Å². The number of hydrogen-bond acceptors (Lipinski definition) is 4. The minimum Gasteiger partial charge on any atom is -0.350 e. The van der Waals surface area contributed by atoms with E-state index >= 15 is 0 Å². The second kappa shape index (κ2) is 11.0. The highest BCUT2D eigenvalue weighted by Gasteiger charge is 2.31. The smallest absolute Gasteiger partial charge is 0.244 e. The van der Waals surface area contributed by atoms with Gasteiger partial charge in [0.15, 0.2) is 0 Å². The van der Waals surface area contributed by atoms with Crippen LogP contribution in [0.4, 0.5) is 5.69 Å². The van der Waals surface area contributed by atoms with Gasteiger partial charge in [0.25, 0.3) is 0 Å². The van der Waals surface area contributed by atoms with Crippen LogP contribution in [0.25, 0.3) is 0 Å². The van der Waals surface area contributed by atoms with Crippen molar-refractivity contribution in [2.75, 3.05) is 17.1 Å². The molecule has 0 heterocycles. The number of rotatable bonds is 9. The summed E-state index contributed by atoms with van der Waals surface area (Å²) in [4.78, 5) is 27.9. The summed E-state index contributed by atoms with van der Waals surface area (Å²) in [5, 5.41) is 2.91. The van der Waals surface area contributed by atoms with Gasteiger partial charge < -0.3 is 10.2 Å². The first-order valence-corrected chi connectivity index (χ1v) is 13.3. The summed E-state index contributed by atoms with van der Waals surface area (Å²) in [5.74, 6) is -0.756. The van der Waals surface area contributed by atoms with E-state index < -0.39 is 34.1 Å². The maximum atomic E-state index is 13.5. The fourth-order valence-electron chi connectivity index (χ4n) is 3.46. The number of benzene rings is 2. The molecule has 0 fully saturated rings. The van der Waals surface area contributed by atoms with Crippen LogP contribution in [0.15, 0.2) is 48.5 Å². The molecule has 0 saturated heterocycles. The average Bonchev–Trinajstić information content (AvgIpc) is 2.74. The fraction of sp³-hybridized carbons (Fsp3) is 0.462. The van der Waals surface area contributed by atoms with E-state index in [1.807, 2.05) is 71.0 Å². The summed E-state index contributed by atoms with van der Waals surface area (Å²) in [7, 11) is -3.73. The van der Waals surface area contributed by atoms with Crippen LogP contribution in [0.1, 0.15) is 51.3 Å². The molecule has 0 aliphatic rings. The Labute approximate surface area is 204 Å². The van der Waals surface area contributed by atoms with E-state index in [-0.39, 0.29) is 12.5 Å². The molecule has 34 heavy (non-hydrogen) atoms. The molecule has 7 nitrogen and oxygen atoms in total. The van der Waals surface area contributed by atoms with Gasteiger partial charge in [0.2, 0.25) is 21.8 Å². The van der Waals surface area contributed by atoms with Crippen molar-refractivity contribution in [2.24, 2.45) is 0 Å². The van der Waals surface area contributed by atoms with Gasteiger partial charge in [-0.2, -0.15) is 0 Å². The zero-order valence-electron chi connectivity index (χ0n) is 21.3. The summed E-state index contributed by atoms with van der Waals surface area (Å²) >= 11 is 0. The second-order valence-electron chi connectivity index (χ2n) is 9.71. The first-order valence-electron chi connectivity index (χ1n) is 11.4. The predicted octanol–water partition coefficient (Wildman–Crippen LogP) is 3.66. The Kier molecular flexibility index (Phi) is 8.89. The number of nitrogens with one attached hydrogen (secondary N) is 1. The summed E-state index contributed by atoms with van der Waals surface area (Å²) in [5.41, 5.74) is 2.95. The molecule has 2 aromatic carbocycles. The van der Waals surface area contributed by atoms with Crippen molar-refractivity contribution in [3.63, 3.8) is 0 Å². The molecule has 186 valence electrons. The normalized spacial score (nSPS) is 12.7. The maximum Gasteiger partial charge on any atom is 0.244 e. The van der Waals surface area contributed by atoms with Gasteiger partial charge >= 0.3 is 0 Å². The standard InChI is InChI=1S/C26H37N3O4S/c1-8-21-13-15-23(16-14-21)29(34(7,32)33)18-24(30)28(17-22-11-9-19(2)10-12-22)20(3)25(31)27-26(4,5)6/h9-16,20H,8,17-18H2,1-7H3,(H,27,31)/t20-/m0/s1. The number of carbonyl (C=O) groups is 2. The van der Waals surface area contributed by atoms with E-state index in [9.17, 15) is 18.0 Å². The van der Waals surface area contributed by atoms with Crippen LogP contribution in [-0.2, 0) is 32.6 Å². The van der Waals surface area contributed by atoms with Crippen molar-refractivity contribution >= 4 is 27.5 Å². The van der Waals surface area contributed by atoms with E-state index in [2.05, 4.69) is 5.32 Å². The molecule has 2 amide bonds. The van der Waals surface area contributed by atoms with Crippen LogP contribution in [0.2, 0.25) is 0 Å². The largest absolute Gasteiger partial charge is 0.350 e. The molecular weight excluding hydrogens is 450 g/mol. The van der Waals surface area contributed by atoms with Crippen LogP contribution in [0, 0.1) is 6.92 Å². The molecule has 0 spiro atoms. The number of nitrogens with zero attached hydrogens (tertiary/aromatic N) is 2. The van der Waals surface area contributed by atoms with Gasteiger partial charge in [-0.25, -0.2) is 8.42 Å². The minimum atomic E-state index is -3.73. The SMILES string of the molecule is CCc1ccc(N(CC(=O)N(Cc2ccc(C)cc2)[C@@H](C)C(=O)NC(C)(C)C)S(C)(=O)=O)cc1. The Bertz CT molecular complexity index is 1090. The van der Waals surface area contributed by atoms with Crippen molar-refractivity contribution < 1.29 is 18.0 Å². The first-order chi connectivity index (χ1) is 15.7. The predicted molar refractivity (Wildman–Crippen MR) is 137 cm³/mol. The maximum absolute atomic E-state index is 13.5. The van der Waals surface area contributed by atoms with Gasteiger partial charge in [-0.05, 0) is 64.3 Å². The third-order valence-electron chi connectivity index (χ3n) is 5.45. The molecule has 1 atom stereocenters. The highest BCUT2D eigenvalue weighted by molar-refractivity contribution is 7.92. The Balaban J connectivity index is 2.38. The lowest BCUT2D eigenvalue weighted by molar-refractivity contribution is -0.140. The number of sulfonamides is 1. The molecule has 0 aliphatic heterocycles. The van der Waals surface area contributed by atoms with E-state index in [1.54, 1.807) is 19.1 Å². The highest BCUT2D eigenvalue weighted by atomic mass is 32.2. The lowest BCUT2D eigenvalue weighted by Gasteiger charge is -2.33. The van der Waals surface area contributed by atoms with Crippen molar-refractivity contribution in [3.05, 3.63) is 65.2 Å². The monoisotopic (exact) mass is 487 g/mol. The van der Waals surface area contributed by atoms with Crippen LogP contribution >= 0.6 is 0 Å². The van der Waals surface area contributed by atoms with Crippen molar-refractivity contribution in [1.29, 1.82) is 0 Å². The average molecular weight is 488 g/mol. The van der Waals surface area contributed by atoms with Gasteiger partial charge in [-0.15, -0.1) is 0 Å². The van der Waals surface area contributed by atoms with Crippen LogP contribution in [0.3, 0.4) is 0 Å². The van der Waals surface area contributed by atoms with Gasteiger partial charge in [-0.1, -0.05) is 48.9 Å². The van der Waals surface area contributed by atoms with E-state index in [1.165, 1.54) is 4.90 Å². The quantitative estimate of drug-likeness (QED) is 0.585. The molecule has 0 saturated carbocycles. The van der Waals surface area contributed by atoms with E-state index in [0.717, 1.165) is 33.7 Å². The molecular formula is C26H37N3O4S. The number of carbonyl (C=O) groups excluding carboxylic acids is 2. The molecule has 8 heteroatoms. The fourth-order valence-corrected chi connectivity index (χ4v) is 4.31. The molecule has 0 aromatic heterocycles. The molecule has 0 unspecified atom stereocenters. The molecule has 0 aliphatic carbocycles. The van der Waals surface area contributed by atoms with Gasteiger partial charge in [0, 0.05) is 12.1 Å². The molecule has 2 rings (SSSR count). The Morgan fingerprint density at radius 3 is 1.97 bits per heavy atom.